The number of ether oxygens (including phenoxy) is 1. The highest BCUT2D eigenvalue weighted by molar-refractivity contribution is 6.04. The van der Waals surface area contributed by atoms with Crippen molar-refractivity contribution in [2.24, 2.45) is 0 Å². The van der Waals surface area contributed by atoms with Gasteiger partial charge in [-0.15, -0.1) is 0 Å². The van der Waals surface area contributed by atoms with Gasteiger partial charge in [-0.1, -0.05) is 18.2 Å². The first-order valence-corrected chi connectivity index (χ1v) is 11.5. The van der Waals surface area contributed by atoms with Crippen LogP contribution in [0.2, 0.25) is 0 Å². The fourth-order valence-electron chi connectivity index (χ4n) is 4.22. The van der Waals surface area contributed by atoms with Crippen molar-refractivity contribution in [2.45, 2.75) is 26.9 Å². The molecule has 0 aliphatic rings. The van der Waals surface area contributed by atoms with Crippen molar-refractivity contribution in [1.29, 1.82) is 0 Å². The zero-order valence-electron chi connectivity index (χ0n) is 20.1. The van der Waals surface area contributed by atoms with Gasteiger partial charge in [-0.3, -0.25) is 0 Å². The van der Waals surface area contributed by atoms with E-state index in [0.29, 0.717) is 17.5 Å². The molecule has 6 nitrogen and oxygen atoms in total. The molecule has 7 heteroatoms. The molecule has 5 aromatic rings. The molecule has 0 saturated heterocycles. The van der Waals surface area contributed by atoms with Gasteiger partial charge in [-0.2, -0.15) is 0 Å². The molecule has 0 fully saturated rings. The Morgan fingerprint density at radius 3 is 2.60 bits per heavy atom. The average molecular weight is 468 g/mol. The molecule has 2 aromatic heterocycles. The lowest BCUT2D eigenvalue weighted by Gasteiger charge is -2.16. The van der Waals surface area contributed by atoms with E-state index in [1.165, 1.54) is 6.07 Å². The van der Waals surface area contributed by atoms with Gasteiger partial charge in [0.25, 0.3) is 0 Å². The predicted octanol–water partition coefficient (Wildman–Crippen LogP) is 6.87. The molecule has 0 amide bonds. The molecular formula is C28H26FN5O. The van der Waals surface area contributed by atoms with Crippen molar-refractivity contribution in [3.8, 4) is 16.9 Å². The molecule has 176 valence electrons. The zero-order valence-corrected chi connectivity index (χ0v) is 20.1. The molecule has 0 atom stereocenters. The van der Waals surface area contributed by atoms with Crippen molar-refractivity contribution in [3.63, 3.8) is 0 Å². The van der Waals surface area contributed by atoms with Crippen LogP contribution in [0.3, 0.4) is 0 Å². The van der Waals surface area contributed by atoms with Gasteiger partial charge in [0.2, 0.25) is 5.95 Å². The van der Waals surface area contributed by atoms with E-state index in [2.05, 4.69) is 56.8 Å². The van der Waals surface area contributed by atoms with Crippen LogP contribution < -0.4 is 15.4 Å². The Hall–Kier alpha value is -4.26. The van der Waals surface area contributed by atoms with E-state index in [0.717, 1.165) is 38.4 Å². The standard InChI is InChI=1S/C28H26FN5O/c1-16(2)35-25-14-20(7-9-23(25)29)33-27-22-8-5-17(3)26(21(22)11-12-31-27)18-6-10-24-19(13-18)15-32-28(30-4)34-24/h5-16H,1-4H3,(H,31,33)(H,30,32,34). The summed E-state index contributed by atoms with van der Waals surface area (Å²) in [4.78, 5) is 13.5. The van der Waals surface area contributed by atoms with Crippen LogP contribution >= 0.6 is 0 Å². The highest BCUT2D eigenvalue weighted by Crippen LogP contribution is 2.36. The SMILES string of the molecule is CNc1ncc2cc(-c3c(C)ccc4c(Nc5ccc(F)c(OC(C)C)c5)nccc34)ccc2n1. The Balaban J connectivity index is 1.58. The van der Waals surface area contributed by atoms with Crippen LogP contribution in [0.5, 0.6) is 5.75 Å². The molecule has 5 rings (SSSR count). The summed E-state index contributed by atoms with van der Waals surface area (Å²) in [6.45, 7) is 5.84. The molecule has 0 aliphatic heterocycles. The maximum atomic E-state index is 14.2. The summed E-state index contributed by atoms with van der Waals surface area (Å²) < 4.78 is 19.8. The molecule has 35 heavy (non-hydrogen) atoms. The quantitative estimate of drug-likeness (QED) is 0.284. The average Bonchev–Trinajstić information content (AvgIpc) is 2.85. The Morgan fingerprint density at radius 1 is 0.943 bits per heavy atom. The number of halogens is 1. The summed E-state index contributed by atoms with van der Waals surface area (Å²) in [5.41, 5.74) is 4.93. The fraction of sp³-hybridized carbons (Fsp3) is 0.179. The largest absolute Gasteiger partial charge is 0.488 e. The van der Waals surface area contributed by atoms with Crippen molar-refractivity contribution < 1.29 is 9.13 Å². The number of nitrogens with zero attached hydrogens (tertiary/aromatic N) is 3. The molecule has 3 aromatic carbocycles. The minimum atomic E-state index is -0.393. The monoisotopic (exact) mass is 467 g/mol. The summed E-state index contributed by atoms with van der Waals surface area (Å²) in [5, 5.41) is 9.31. The number of hydrogen-bond acceptors (Lipinski definition) is 6. The third-order valence-electron chi connectivity index (χ3n) is 5.80. The third kappa shape index (κ3) is 4.45. The summed E-state index contributed by atoms with van der Waals surface area (Å²) in [7, 11) is 1.80. The Morgan fingerprint density at radius 2 is 1.80 bits per heavy atom. The maximum absolute atomic E-state index is 14.2. The van der Waals surface area contributed by atoms with Crippen molar-refractivity contribution in [1.82, 2.24) is 15.0 Å². The molecule has 0 saturated carbocycles. The lowest BCUT2D eigenvalue weighted by atomic mass is 9.94. The van der Waals surface area contributed by atoms with Crippen molar-refractivity contribution in [3.05, 3.63) is 78.4 Å². The van der Waals surface area contributed by atoms with Crippen LogP contribution in [0.15, 0.2) is 67.0 Å². The molecule has 2 N–H and O–H groups in total. The van der Waals surface area contributed by atoms with Crippen molar-refractivity contribution >= 4 is 39.1 Å². The first kappa shape index (κ1) is 22.5. The van der Waals surface area contributed by atoms with Gasteiger partial charge < -0.3 is 15.4 Å². The highest BCUT2D eigenvalue weighted by atomic mass is 19.1. The van der Waals surface area contributed by atoms with E-state index in [1.54, 1.807) is 25.4 Å². The zero-order chi connectivity index (χ0) is 24.5. The lowest BCUT2D eigenvalue weighted by Crippen LogP contribution is -2.07. The smallest absolute Gasteiger partial charge is 0.222 e. The maximum Gasteiger partial charge on any atom is 0.222 e. The second kappa shape index (κ2) is 9.18. The van der Waals surface area contributed by atoms with Crippen LogP contribution in [0, 0.1) is 12.7 Å². The lowest BCUT2D eigenvalue weighted by molar-refractivity contribution is 0.231. The first-order chi connectivity index (χ1) is 16.9. The number of rotatable bonds is 6. The fourth-order valence-corrected chi connectivity index (χ4v) is 4.22. The molecular weight excluding hydrogens is 441 g/mol. The minimum Gasteiger partial charge on any atom is -0.488 e. The second-order valence-corrected chi connectivity index (χ2v) is 8.67. The number of anilines is 3. The number of aromatic nitrogens is 3. The molecule has 0 radical (unpaired) electrons. The third-order valence-corrected chi connectivity index (χ3v) is 5.80. The number of pyridine rings is 1. The van der Waals surface area contributed by atoms with Crippen LogP contribution in [0.25, 0.3) is 32.8 Å². The number of hydrogen-bond donors (Lipinski definition) is 2. The Bertz CT molecular complexity index is 1550. The Kier molecular flexibility index (Phi) is 5.91. The minimum absolute atomic E-state index is 0.127. The molecule has 2 heterocycles. The van der Waals surface area contributed by atoms with Gasteiger partial charge in [0.15, 0.2) is 11.6 Å². The van der Waals surface area contributed by atoms with Gasteiger partial charge in [-0.05, 0) is 73.2 Å². The van der Waals surface area contributed by atoms with E-state index >= 15 is 0 Å². The topological polar surface area (TPSA) is 72.0 Å². The van der Waals surface area contributed by atoms with Crippen LogP contribution in [-0.2, 0) is 0 Å². The van der Waals surface area contributed by atoms with E-state index < -0.39 is 5.82 Å². The number of nitrogens with one attached hydrogen (secondary N) is 2. The van der Waals surface area contributed by atoms with Gasteiger partial charge in [-0.25, -0.2) is 19.3 Å². The van der Waals surface area contributed by atoms with Crippen molar-refractivity contribution in [2.75, 3.05) is 17.7 Å². The number of benzene rings is 3. The molecule has 0 unspecified atom stereocenters. The van der Waals surface area contributed by atoms with E-state index in [9.17, 15) is 4.39 Å². The predicted molar refractivity (Wildman–Crippen MR) is 140 cm³/mol. The molecule has 0 aliphatic carbocycles. The number of fused-ring (bicyclic) bond motifs is 2. The van der Waals surface area contributed by atoms with Gasteiger partial charge in [0.1, 0.15) is 5.82 Å². The summed E-state index contributed by atoms with van der Waals surface area (Å²) in [5.74, 6) is 1.10. The first-order valence-electron chi connectivity index (χ1n) is 11.5. The van der Waals surface area contributed by atoms with Gasteiger partial charge in [0, 0.05) is 42.0 Å². The second-order valence-electron chi connectivity index (χ2n) is 8.67. The van der Waals surface area contributed by atoms with Gasteiger partial charge in [0.05, 0.1) is 11.6 Å². The van der Waals surface area contributed by atoms with E-state index in [4.69, 9.17) is 4.74 Å². The van der Waals surface area contributed by atoms with E-state index in [1.807, 2.05) is 32.2 Å². The summed E-state index contributed by atoms with van der Waals surface area (Å²) in [6.07, 6.45) is 3.49. The normalized spacial score (nSPS) is 11.3. The molecule has 0 bridgehead atoms. The van der Waals surface area contributed by atoms with Crippen LogP contribution in [0.1, 0.15) is 19.4 Å². The molecule has 0 spiro atoms. The van der Waals surface area contributed by atoms with Gasteiger partial charge >= 0.3 is 0 Å². The summed E-state index contributed by atoms with van der Waals surface area (Å²) in [6, 6.07) is 17.1. The number of aryl methyl sites for hydroxylation is 1. The summed E-state index contributed by atoms with van der Waals surface area (Å²) >= 11 is 0. The Labute approximate surface area is 203 Å². The van der Waals surface area contributed by atoms with E-state index in [-0.39, 0.29) is 11.9 Å². The van der Waals surface area contributed by atoms with Crippen LogP contribution in [-0.4, -0.2) is 28.1 Å². The highest BCUT2D eigenvalue weighted by Gasteiger charge is 2.13. The van der Waals surface area contributed by atoms with Crippen LogP contribution in [0.4, 0.5) is 21.8 Å².